The van der Waals surface area contributed by atoms with Gasteiger partial charge in [-0.2, -0.15) is 0 Å². The summed E-state index contributed by atoms with van der Waals surface area (Å²) in [6.45, 7) is 5.03. The molecule has 2 rings (SSSR count). The average molecular weight is 556 g/mol. The summed E-state index contributed by atoms with van der Waals surface area (Å²) in [5, 5.41) is 6.62. The highest BCUT2D eigenvalue weighted by atomic mass is 127. The van der Waals surface area contributed by atoms with Crippen LogP contribution in [-0.2, 0) is 6.54 Å². The Hall–Kier alpha value is -2.20. The second-order valence-corrected chi connectivity index (χ2v) is 7.54. The van der Waals surface area contributed by atoms with Crippen LogP contribution in [-0.4, -0.2) is 64.9 Å². The van der Waals surface area contributed by atoms with Crippen molar-refractivity contribution in [1.29, 1.82) is 0 Å². The van der Waals surface area contributed by atoms with Crippen molar-refractivity contribution in [2.24, 2.45) is 4.99 Å². The number of para-hydroxylation sites is 2. The summed E-state index contributed by atoms with van der Waals surface area (Å²) in [7, 11) is 7.53. The van der Waals surface area contributed by atoms with Crippen molar-refractivity contribution in [3.8, 4) is 17.2 Å². The van der Waals surface area contributed by atoms with E-state index in [9.17, 15) is 0 Å². The van der Waals surface area contributed by atoms with Crippen molar-refractivity contribution in [1.82, 2.24) is 15.5 Å². The summed E-state index contributed by atoms with van der Waals surface area (Å²) in [4.78, 5) is 6.44. The van der Waals surface area contributed by atoms with E-state index in [1.165, 1.54) is 0 Å². The van der Waals surface area contributed by atoms with Crippen LogP contribution >= 0.6 is 24.0 Å². The number of hydrogen-bond donors (Lipinski definition) is 2. The topological polar surface area (TPSA) is 67.4 Å². The SMILES string of the molecule is CN=C(NCc1ccc(OCCCN(C)C)cc1)NCC(C)Oc1ccccc1OC.I. The van der Waals surface area contributed by atoms with Gasteiger partial charge in [0.15, 0.2) is 17.5 Å². The molecule has 0 aliphatic rings. The van der Waals surface area contributed by atoms with Gasteiger partial charge in [0.25, 0.3) is 0 Å². The monoisotopic (exact) mass is 556 g/mol. The van der Waals surface area contributed by atoms with Crippen LogP contribution in [0.2, 0.25) is 0 Å². The summed E-state index contributed by atoms with van der Waals surface area (Å²) in [6.07, 6.45) is 0.955. The van der Waals surface area contributed by atoms with Gasteiger partial charge in [-0.1, -0.05) is 24.3 Å². The van der Waals surface area contributed by atoms with Crippen LogP contribution in [0.3, 0.4) is 0 Å². The van der Waals surface area contributed by atoms with Gasteiger partial charge in [-0.15, -0.1) is 24.0 Å². The first-order chi connectivity index (χ1) is 15.0. The predicted octanol–water partition coefficient (Wildman–Crippen LogP) is 3.78. The Morgan fingerprint density at radius 3 is 2.34 bits per heavy atom. The number of ether oxygens (including phenoxy) is 3. The molecule has 0 aliphatic carbocycles. The van der Waals surface area contributed by atoms with E-state index in [4.69, 9.17) is 14.2 Å². The fourth-order valence-electron chi connectivity index (χ4n) is 2.90. The van der Waals surface area contributed by atoms with Crippen molar-refractivity contribution in [3.05, 3.63) is 54.1 Å². The van der Waals surface area contributed by atoms with Crippen LogP contribution in [0.4, 0.5) is 0 Å². The molecule has 0 saturated heterocycles. The van der Waals surface area contributed by atoms with E-state index in [2.05, 4.69) is 46.8 Å². The third-order valence-electron chi connectivity index (χ3n) is 4.58. The summed E-state index contributed by atoms with van der Waals surface area (Å²) >= 11 is 0. The highest BCUT2D eigenvalue weighted by molar-refractivity contribution is 14.0. The number of rotatable bonds is 12. The Balaban J connectivity index is 0.00000512. The predicted molar refractivity (Wildman–Crippen MR) is 142 cm³/mol. The van der Waals surface area contributed by atoms with Crippen LogP contribution in [0.1, 0.15) is 18.9 Å². The molecular weight excluding hydrogens is 519 g/mol. The molecule has 178 valence electrons. The van der Waals surface area contributed by atoms with Crippen molar-refractivity contribution in [2.75, 3.05) is 47.9 Å². The van der Waals surface area contributed by atoms with E-state index in [1.54, 1.807) is 14.2 Å². The number of benzene rings is 2. The highest BCUT2D eigenvalue weighted by Gasteiger charge is 2.09. The molecule has 2 N–H and O–H groups in total. The first-order valence-electron chi connectivity index (χ1n) is 10.6. The van der Waals surface area contributed by atoms with Crippen LogP contribution in [0.25, 0.3) is 0 Å². The molecule has 2 aromatic rings. The number of halogens is 1. The number of nitrogens with one attached hydrogen (secondary N) is 2. The Morgan fingerprint density at radius 1 is 1.03 bits per heavy atom. The van der Waals surface area contributed by atoms with Gasteiger partial charge in [-0.25, -0.2) is 0 Å². The molecule has 0 amide bonds. The summed E-state index contributed by atoms with van der Waals surface area (Å²) in [5.74, 6) is 3.07. The highest BCUT2D eigenvalue weighted by Crippen LogP contribution is 2.26. The Labute approximate surface area is 209 Å². The Bertz CT molecular complexity index is 800. The van der Waals surface area contributed by atoms with Crippen molar-refractivity contribution in [3.63, 3.8) is 0 Å². The Kier molecular flexibility index (Phi) is 13.5. The maximum absolute atomic E-state index is 5.97. The van der Waals surface area contributed by atoms with E-state index in [0.717, 1.165) is 48.3 Å². The van der Waals surface area contributed by atoms with Gasteiger partial charge < -0.3 is 29.7 Å². The molecule has 0 aromatic heterocycles. The van der Waals surface area contributed by atoms with Crippen molar-refractivity contribution in [2.45, 2.75) is 26.0 Å². The normalized spacial score (nSPS) is 12.0. The zero-order valence-corrected chi connectivity index (χ0v) is 22.1. The van der Waals surface area contributed by atoms with Crippen LogP contribution in [0.5, 0.6) is 17.2 Å². The summed E-state index contributed by atoms with van der Waals surface area (Å²) < 4.78 is 17.1. The van der Waals surface area contributed by atoms with Crippen molar-refractivity contribution < 1.29 is 14.2 Å². The molecule has 32 heavy (non-hydrogen) atoms. The molecule has 7 nitrogen and oxygen atoms in total. The second-order valence-electron chi connectivity index (χ2n) is 7.54. The van der Waals surface area contributed by atoms with Gasteiger partial charge in [-0.05, 0) is 57.3 Å². The molecular formula is C24H37IN4O3. The Morgan fingerprint density at radius 2 is 1.72 bits per heavy atom. The molecule has 1 unspecified atom stereocenters. The lowest BCUT2D eigenvalue weighted by Gasteiger charge is -2.19. The number of aliphatic imine (C=N–C) groups is 1. The fraction of sp³-hybridized carbons (Fsp3) is 0.458. The number of guanidine groups is 1. The molecule has 2 aromatic carbocycles. The lowest BCUT2D eigenvalue weighted by molar-refractivity contribution is 0.213. The molecule has 8 heteroatoms. The van der Waals surface area contributed by atoms with E-state index < -0.39 is 0 Å². The first-order valence-corrected chi connectivity index (χ1v) is 10.6. The third kappa shape index (κ3) is 10.4. The summed E-state index contributed by atoms with van der Waals surface area (Å²) in [6, 6.07) is 15.8. The van der Waals surface area contributed by atoms with E-state index >= 15 is 0 Å². The van der Waals surface area contributed by atoms with Gasteiger partial charge in [-0.3, -0.25) is 4.99 Å². The number of hydrogen-bond acceptors (Lipinski definition) is 5. The van der Waals surface area contributed by atoms with Crippen LogP contribution in [0, 0.1) is 0 Å². The smallest absolute Gasteiger partial charge is 0.191 e. The lowest BCUT2D eigenvalue weighted by Crippen LogP contribution is -2.41. The maximum atomic E-state index is 5.97. The minimum Gasteiger partial charge on any atom is -0.494 e. The number of methoxy groups -OCH3 is 1. The van der Waals surface area contributed by atoms with Crippen LogP contribution < -0.4 is 24.8 Å². The van der Waals surface area contributed by atoms with Gasteiger partial charge in [0.2, 0.25) is 0 Å². The van der Waals surface area contributed by atoms with Gasteiger partial charge in [0.05, 0.1) is 20.3 Å². The molecule has 1 atom stereocenters. The fourth-order valence-corrected chi connectivity index (χ4v) is 2.90. The van der Waals surface area contributed by atoms with Gasteiger partial charge >= 0.3 is 0 Å². The standard InChI is InChI=1S/C24H36N4O3.HI/c1-19(31-23-10-7-6-9-22(23)29-5)17-26-24(25-2)27-18-20-11-13-21(14-12-20)30-16-8-15-28(3)4;/h6-7,9-14,19H,8,15-18H2,1-5H3,(H2,25,26,27);1H. The van der Waals surface area contributed by atoms with Crippen molar-refractivity contribution >= 4 is 29.9 Å². The maximum Gasteiger partial charge on any atom is 0.191 e. The van der Waals surface area contributed by atoms with E-state index in [0.29, 0.717) is 13.1 Å². The molecule has 0 bridgehead atoms. The molecule has 0 radical (unpaired) electrons. The van der Waals surface area contributed by atoms with Gasteiger partial charge in [0.1, 0.15) is 11.9 Å². The van der Waals surface area contributed by atoms with Crippen LogP contribution in [0.15, 0.2) is 53.5 Å². The summed E-state index contributed by atoms with van der Waals surface area (Å²) in [5.41, 5.74) is 1.15. The molecule has 0 heterocycles. The quantitative estimate of drug-likeness (QED) is 0.180. The molecule has 0 fully saturated rings. The first kappa shape index (κ1) is 27.8. The zero-order chi connectivity index (χ0) is 22.5. The third-order valence-corrected chi connectivity index (χ3v) is 4.58. The van der Waals surface area contributed by atoms with E-state index in [-0.39, 0.29) is 30.1 Å². The molecule has 0 spiro atoms. The minimum atomic E-state index is -0.0567. The van der Waals surface area contributed by atoms with E-state index in [1.807, 2.05) is 43.3 Å². The zero-order valence-electron chi connectivity index (χ0n) is 19.8. The van der Waals surface area contributed by atoms with Gasteiger partial charge in [0, 0.05) is 20.1 Å². The largest absolute Gasteiger partial charge is 0.494 e. The number of nitrogens with zero attached hydrogens (tertiary/aromatic N) is 2. The lowest BCUT2D eigenvalue weighted by atomic mass is 10.2. The minimum absolute atomic E-state index is 0. The molecule has 0 aliphatic heterocycles. The second kappa shape index (κ2) is 15.6. The molecule has 0 saturated carbocycles. The average Bonchev–Trinajstić information content (AvgIpc) is 2.78.